The molecule has 6 rings (SSSR count). The molecule has 2 aromatic carbocycles. The van der Waals surface area contributed by atoms with Crippen molar-refractivity contribution in [3.63, 3.8) is 0 Å². The monoisotopic (exact) mass is 407 g/mol. The van der Waals surface area contributed by atoms with Crippen LogP contribution in [-0.2, 0) is 0 Å². The van der Waals surface area contributed by atoms with E-state index >= 15 is 0 Å². The molecule has 2 aromatic heterocycles. The minimum absolute atomic E-state index is 0.118. The molecule has 4 aromatic rings. The topological polar surface area (TPSA) is 30.7 Å². The molecule has 0 atom stereocenters. The predicted molar refractivity (Wildman–Crippen MR) is 123 cm³/mol. The van der Waals surface area contributed by atoms with Gasteiger partial charge in [-0.2, -0.15) is 5.10 Å². The average Bonchev–Trinajstić information content (AvgIpc) is 3.54. The molecule has 0 N–H and O–H groups in total. The van der Waals surface area contributed by atoms with E-state index in [0.29, 0.717) is 5.02 Å². The first kappa shape index (κ1) is 17.4. The van der Waals surface area contributed by atoms with Gasteiger partial charge >= 0.3 is 0 Å². The van der Waals surface area contributed by atoms with E-state index in [4.69, 9.17) is 21.7 Å². The van der Waals surface area contributed by atoms with Crippen LogP contribution in [0.4, 0.5) is 0 Å². The van der Waals surface area contributed by atoms with Gasteiger partial charge in [0, 0.05) is 22.6 Å². The standard InChI is InChI=1S/C26H18ClN3/c27-20-14-6-8-16-22(20)30-26-19-13-5-7-15-21(19)28-24(17-9-1-2-10-17)23(26)25(29-30)18-11-3-4-12-18/h1-18H. The Kier molecular flexibility index (Phi) is 3.96. The quantitative estimate of drug-likeness (QED) is 0.380. The van der Waals surface area contributed by atoms with Gasteiger partial charge in [-0.05, 0) is 18.2 Å². The zero-order chi connectivity index (χ0) is 20.1. The number of allylic oxidation sites excluding steroid dienone is 8. The van der Waals surface area contributed by atoms with Crippen LogP contribution in [0.15, 0.2) is 97.1 Å². The van der Waals surface area contributed by atoms with E-state index in [-0.39, 0.29) is 11.8 Å². The minimum atomic E-state index is 0.118. The molecule has 3 nitrogen and oxygen atoms in total. The van der Waals surface area contributed by atoms with Gasteiger partial charge in [-0.25, -0.2) is 4.68 Å². The maximum absolute atomic E-state index is 6.62. The zero-order valence-electron chi connectivity index (χ0n) is 16.1. The Morgan fingerprint density at radius 2 is 1.37 bits per heavy atom. The Morgan fingerprint density at radius 1 is 0.733 bits per heavy atom. The summed E-state index contributed by atoms with van der Waals surface area (Å²) in [5.74, 6) is 0.251. The first-order chi connectivity index (χ1) is 14.8. The van der Waals surface area contributed by atoms with Crippen LogP contribution in [0.1, 0.15) is 23.2 Å². The largest absolute Gasteiger partial charge is 0.251 e. The molecule has 2 aliphatic carbocycles. The molecule has 0 amide bonds. The third kappa shape index (κ3) is 2.59. The van der Waals surface area contributed by atoms with Crippen molar-refractivity contribution in [2.45, 2.75) is 11.8 Å². The fraction of sp³-hybridized carbons (Fsp3) is 0.0769. The van der Waals surface area contributed by atoms with Crippen LogP contribution >= 0.6 is 11.6 Å². The number of pyridine rings is 1. The molecule has 2 aliphatic rings. The number of para-hydroxylation sites is 2. The molecule has 0 unspecified atom stereocenters. The summed E-state index contributed by atoms with van der Waals surface area (Å²) in [6.07, 6.45) is 17.1. The second-order valence-electron chi connectivity index (χ2n) is 7.58. The Labute approximate surface area is 179 Å². The predicted octanol–water partition coefficient (Wildman–Crippen LogP) is 6.65. The molecule has 2 heterocycles. The third-order valence-corrected chi connectivity index (χ3v) is 6.10. The van der Waals surface area contributed by atoms with Crippen molar-refractivity contribution in [2.75, 3.05) is 0 Å². The Bertz CT molecular complexity index is 1400. The molecular formula is C26H18ClN3. The fourth-order valence-corrected chi connectivity index (χ4v) is 4.61. The summed E-state index contributed by atoms with van der Waals surface area (Å²) in [6, 6.07) is 16.1. The van der Waals surface area contributed by atoms with E-state index in [1.807, 2.05) is 35.0 Å². The SMILES string of the molecule is Clc1ccccc1-n1nc(C2C=CC=C2)c2c(C3C=CC=C3)nc3ccccc3c21. The van der Waals surface area contributed by atoms with Crippen LogP contribution in [0.2, 0.25) is 5.02 Å². The molecule has 144 valence electrons. The van der Waals surface area contributed by atoms with E-state index in [2.05, 4.69) is 66.8 Å². The van der Waals surface area contributed by atoms with Crippen molar-refractivity contribution in [1.82, 2.24) is 14.8 Å². The molecule has 0 saturated heterocycles. The van der Waals surface area contributed by atoms with Crippen LogP contribution in [-0.4, -0.2) is 14.8 Å². The Hall–Kier alpha value is -3.43. The zero-order valence-corrected chi connectivity index (χ0v) is 16.9. The lowest BCUT2D eigenvalue weighted by molar-refractivity contribution is 0.856. The van der Waals surface area contributed by atoms with Gasteiger partial charge in [-0.1, -0.05) is 90.5 Å². The van der Waals surface area contributed by atoms with Crippen molar-refractivity contribution in [3.05, 3.63) is 114 Å². The molecule has 0 saturated carbocycles. The number of halogens is 1. The van der Waals surface area contributed by atoms with Gasteiger partial charge in [-0.15, -0.1) is 0 Å². The second kappa shape index (κ2) is 6.82. The molecule has 0 fully saturated rings. The fourth-order valence-electron chi connectivity index (χ4n) is 4.39. The lowest BCUT2D eigenvalue weighted by Gasteiger charge is -2.13. The summed E-state index contributed by atoms with van der Waals surface area (Å²) < 4.78 is 2.00. The molecule has 0 bridgehead atoms. The van der Waals surface area contributed by atoms with Gasteiger partial charge in [0.1, 0.15) is 0 Å². The average molecular weight is 408 g/mol. The molecular weight excluding hydrogens is 390 g/mol. The van der Waals surface area contributed by atoms with Gasteiger partial charge in [-0.3, -0.25) is 4.98 Å². The summed E-state index contributed by atoms with van der Waals surface area (Å²) in [4.78, 5) is 5.11. The summed E-state index contributed by atoms with van der Waals surface area (Å²) in [5, 5.41) is 7.98. The Balaban J connectivity index is 1.80. The van der Waals surface area contributed by atoms with E-state index in [1.54, 1.807) is 0 Å². The van der Waals surface area contributed by atoms with Crippen LogP contribution < -0.4 is 0 Å². The smallest absolute Gasteiger partial charge is 0.0857 e. The number of rotatable bonds is 3. The van der Waals surface area contributed by atoms with E-state index in [9.17, 15) is 0 Å². The van der Waals surface area contributed by atoms with Crippen molar-refractivity contribution in [2.24, 2.45) is 0 Å². The van der Waals surface area contributed by atoms with Crippen LogP contribution in [0, 0.1) is 0 Å². The van der Waals surface area contributed by atoms with Crippen LogP contribution in [0.3, 0.4) is 0 Å². The normalized spacial score (nSPS) is 16.0. The first-order valence-corrected chi connectivity index (χ1v) is 10.5. The van der Waals surface area contributed by atoms with Crippen LogP contribution in [0.25, 0.3) is 27.5 Å². The lowest BCUT2D eigenvalue weighted by Crippen LogP contribution is -2.00. The number of fused-ring (bicyclic) bond motifs is 3. The molecule has 0 aliphatic heterocycles. The minimum Gasteiger partial charge on any atom is -0.251 e. The number of aromatic nitrogens is 3. The molecule has 30 heavy (non-hydrogen) atoms. The third-order valence-electron chi connectivity index (χ3n) is 5.78. The van der Waals surface area contributed by atoms with Gasteiger partial charge in [0.25, 0.3) is 0 Å². The first-order valence-electron chi connectivity index (χ1n) is 10.1. The molecule has 4 heteroatoms. The molecule has 0 radical (unpaired) electrons. The van der Waals surface area contributed by atoms with Crippen LogP contribution in [0.5, 0.6) is 0 Å². The van der Waals surface area contributed by atoms with Crippen molar-refractivity contribution < 1.29 is 0 Å². The number of hydrogen-bond acceptors (Lipinski definition) is 2. The van der Waals surface area contributed by atoms with Crippen molar-refractivity contribution >= 4 is 33.4 Å². The number of hydrogen-bond donors (Lipinski definition) is 0. The number of benzene rings is 2. The highest BCUT2D eigenvalue weighted by Gasteiger charge is 2.26. The van der Waals surface area contributed by atoms with Gasteiger partial charge < -0.3 is 0 Å². The van der Waals surface area contributed by atoms with Gasteiger partial charge in [0.2, 0.25) is 0 Å². The highest BCUT2D eigenvalue weighted by Crippen LogP contribution is 2.40. The lowest BCUT2D eigenvalue weighted by atomic mass is 9.95. The maximum atomic E-state index is 6.62. The second-order valence-corrected chi connectivity index (χ2v) is 7.98. The summed E-state index contributed by atoms with van der Waals surface area (Å²) in [6.45, 7) is 0. The van der Waals surface area contributed by atoms with Crippen molar-refractivity contribution in [3.8, 4) is 5.69 Å². The van der Waals surface area contributed by atoms with Crippen molar-refractivity contribution in [1.29, 1.82) is 0 Å². The molecule has 0 spiro atoms. The maximum Gasteiger partial charge on any atom is 0.0857 e. The Morgan fingerprint density at radius 3 is 2.10 bits per heavy atom. The van der Waals surface area contributed by atoms with E-state index in [0.717, 1.165) is 38.9 Å². The van der Waals surface area contributed by atoms with Gasteiger partial charge in [0.05, 0.1) is 33.1 Å². The number of nitrogens with zero attached hydrogens (tertiary/aromatic N) is 3. The summed E-state index contributed by atoms with van der Waals surface area (Å²) in [7, 11) is 0. The van der Waals surface area contributed by atoms with E-state index in [1.165, 1.54) is 0 Å². The summed E-state index contributed by atoms with van der Waals surface area (Å²) >= 11 is 6.62. The summed E-state index contributed by atoms with van der Waals surface area (Å²) in [5.41, 5.74) is 4.95. The van der Waals surface area contributed by atoms with Gasteiger partial charge in [0.15, 0.2) is 0 Å². The van der Waals surface area contributed by atoms with E-state index < -0.39 is 0 Å². The highest BCUT2D eigenvalue weighted by atomic mass is 35.5. The highest BCUT2D eigenvalue weighted by molar-refractivity contribution is 6.32.